The van der Waals surface area contributed by atoms with Gasteiger partial charge < -0.3 is 15.1 Å². The quantitative estimate of drug-likeness (QED) is 0.845. The van der Waals surface area contributed by atoms with E-state index in [0.29, 0.717) is 5.56 Å². The minimum absolute atomic E-state index is 0.0110. The number of Topliss-reactive ketones (excluding diaryl/α,β-unsaturated/α-hetero) is 1. The van der Waals surface area contributed by atoms with Crippen molar-refractivity contribution in [3.63, 3.8) is 0 Å². The van der Waals surface area contributed by atoms with Crippen LogP contribution in [-0.4, -0.2) is 32.8 Å². The Morgan fingerprint density at radius 2 is 1.92 bits per heavy atom. The lowest BCUT2D eigenvalue weighted by Gasteiger charge is -2.36. The van der Waals surface area contributed by atoms with Crippen LogP contribution in [0.4, 0.5) is 0 Å². The van der Waals surface area contributed by atoms with Gasteiger partial charge in [-0.2, -0.15) is 0 Å². The maximum atomic E-state index is 12.8. The molecule has 3 rings (SSSR count). The van der Waals surface area contributed by atoms with Crippen LogP contribution in [0.2, 0.25) is 5.02 Å². The van der Waals surface area contributed by atoms with E-state index >= 15 is 0 Å². The molecule has 1 aromatic carbocycles. The molecule has 1 fully saturated rings. The summed E-state index contributed by atoms with van der Waals surface area (Å²) in [5.74, 6) is -1.25. The number of carbonyl (C=O) groups is 2. The van der Waals surface area contributed by atoms with Crippen molar-refractivity contribution in [1.29, 1.82) is 0 Å². The summed E-state index contributed by atoms with van der Waals surface area (Å²) in [5.41, 5.74) is 0.766. The van der Waals surface area contributed by atoms with Crippen LogP contribution in [0.1, 0.15) is 57.1 Å². The van der Waals surface area contributed by atoms with Gasteiger partial charge in [0.2, 0.25) is 0 Å². The van der Waals surface area contributed by atoms with Crippen molar-refractivity contribution >= 4 is 23.3 Å². The Labute approximate surface area is 151 Å². The van der Waals surface area contributed by atoms with Crippen molar-refractivity contribution in [1.82, 2.24) is 4.90 Å². The highest BCUT2D eigenvalue weighted by atomic mass is 35.5. The van der Waals surface area contributed by atoms with Crippen molar-refractivity contribution < 1.29 is 19.8 Å². The number of nitrogens with zero attached hydrogens (tertiary/aromatic N) is 1. The number of aliphatic hydroxyl groups excluding tert-OH is 1. The lowest BCUT2D eigenvalue weighted by molar-refractivity contribution is -0.132. The normalized spacial score (nSPS) is 21.9. The van der Waals surface area contributed by atoms with Gasteiger partial charge in [0.25, 0.3) is 5.91 Å². The molecule has 1 saturated carbocycles. The predicted molar refractivity (Wildman–Crippen MR) is 94.5 cm³/mol. The number of phenols is 1. The molecular weight excluding hydrogens is 342 g/mol. The number of halogens is 1. The van der Waals surface area contributed by atoms with Crippen molar-refractivity contribution in [3.05, 3.63) is 40.1 Å². The average molecular weight is 364 g/mol. The summed E-state index contributed by atoms with van der Waals surface area (Å²) in [5, 5.41) is 20.2. The van der Waals surface area contributed by atoms with Gasteiger partial charge in [0, 0.05) is 12.5 Å². The van der Waals surface area contributed by atoms with Crippen LogP contribution < -0.4 is 0 Å². The molecule has 25 heavy (non-hydrogen) atoms. The highest BCUT2D eigenvalue weighted by molar-refractivity contribution is 6.32. The standard InChI is InChI=1S/C19H22ClNO4/c1-2-14(22)16-17(11-8-9-15(23)13(20)10-11)21(19(25)18(16)24)12-6-4-3-5-7-12/h8-10,12,17,23-24H,2-7H2,1H3. The zero-order valence-corrected chi connectivity index (χ0v) is 14.9. The van der Waals surface area contributed by atoms with Gasteiger partial charge in [0.05, 0.1) is 16.6 Å². The fourth-order valence-electron chi connectivity index (χ4n) is 3.85. The molecule has 5 nitrogen and oxygen atoms in total. The van der Waals surface area contributed by atoms with Crippen LogP contribution in [-0.2, 0) is 9.59 Å². The molecule has 1 aliphatic heterocycles. The molecule has 134 valence electrons. The molecule has 0 bridgehead atoms. The lowest BCUT2D eigenvalue weighted by Crippen LogP contribution is -2.41. The van der Waals surface area contributed by atoms with Crippen LogP contribution >= 0.6 is 11.6 Å². The molecule has 1 aliphatic carbocycles. The molecular formula is C19H22ClNO4. The van der Waals surface area contributed by atoms with Gasteiger partial charge in [-0.15, -0.1) is 0 Å². The third kappa shape index (κ3) is 3.13. The van der Waals surface area contributed by atoms with E-state index in [-0.39, 0.29) is 34.6 Å². The molecule has 1 heterocycles. The molecule has 0 aromatic heterocycles. The molecule has 0 saturated heterocycles. The Morgan fingerprint density at radius 3 is 2.52 bits per heavy atom. The number of phenolic OH excluding ortho intramolecular Hbond substituents is 1. The van der Waals surface area contributed by atoms with E-state index in [1.54, 1.807) is 24.0 Å². The predicted octanol–water partition coefficient (Wildman–Crippen LogP) is 4.05. The Bertz CT molecular complexity index is 737. The molecule has 6 heteroatoms. The molecule has 0 radical (unpaired) electrons. The van der Waals surface area contributed by atoms with E-state index in [2.05, 4.69) is 0 Å². The smallest absolute Gasteiger partial charge is 0.290 e. The van der Waals surface area contributed by atoms with E-state index in [0.717, 1.165) is 32.1 Å². The molecule has 2 N–H and O–H groups in total. The number of aromatic hydroxyl groups is 1. The first kappa shape index (κ1) is 17.8. The van der Waals surface area contributed by atoms with Gasteiger partial charge in [-0.1, -0.05) is 43.9 Å². The molecule has 2 aliphatic rings. The summed E-state index contributed by atoms with van der Waals surface area (Å²) < 4.78 is 0. The minimum Gasteiger partial charge on any atom is -0.506 e. The maximum absolute atomic E-state index is 12.8. The van der Waals surface area contributed by atoms with E-state index in [4.69, 9.17) is 11.6 Å². The highest BCUT2D eigenvalue weighted by Gasteiger charge is 2.46. The number of benzene rings is 1. The Balaban J connectivity index is 2.09. The fraction of sp³-hybridized carbons (Fsp3) is 0.474. The first-order chi connectivity index (χ1) is 12.0. The molecule has 1 unspecified atom stereocenters. The van der Waals surface area contributed by atoms with Gasteiger partial charge in [-0.05, 0) is 30.5 Å². The average Bonchev–Trinajstić information content (AvgIpc) is 2.89. The van der Waals surface area contributed by atoms with Crippen molar-refractivity contribution in [3.8, 4) is 5.75 Å². The second-order valence-corrected chi connectivity index (χ2v) is 7.06. The van der Waals surface area contributed by atoms with E-state index in [9.17, 15) is 19.8 Å². The van der Waals surface area contributed by atoms with Gasteiger partial charge in [-0.3, -0.25) is 9.59 Å². The summed E-state index contributed by atoms with van der Waals surface area (Å²) in [4.78, 5) is 26.8. The number of hydrogen-bond acceptors (Lipinski definition) is 4. The maximum Gasteiger partial charge on any atom is 0.290 e. The van der Waals surface area contributed by atoms with Crippen LogP contribution in [0.3, 0.4) is 0 Å². The summed E-state index contributed by atoms with van der Waals surface area (Å²) in [6.45, 7) is 1.71. The number of rotatable bonds is 4. The second kappa shape index (κ2) is 7.08. The number of ketones is 1. The van der Waals surface area contributed by atoms with Crippen LogP contribution in [0.5, 0.6) is 5.75 Å². The first-order valence-corrected chi connectivity index (χ1v) is 9.10. The summed E-state index contributed by atoms with van der Waals surface area (Å²) in [6, 6.07) is 4.00. The van der Waals surface area contributed by atoms with Crippen LogP contribution in [0.15, 0.2) is 29.5 Å². The van der Waals surface area contributed by atoms with Crippen LogP contribution in [0, 0.1) is 0 Å². The zero-order valence-electron chi connectivity index (χ0n) is 14.2. The topological polar surface area (TPSA) is 77.8 Å². The Kier molecular flexibility index (Phi) is 5.04. The van der Waals surface area contributed by atoms with Crippen LogP contribution in [0.25, 0.3) is 0 Å². The third-order valence-corrected chi connectivity index (χ3v) is 5.42. The van der Waals surface area contributed by atoms with E-state index in [1.807, 2.05) is 0 Å². The Hall–Kier alpha value is -2.01. The third-order valence-electron chi connectivity index (χ3n) is 5.12. The first-order valence-electron chi connectivity index (χ1n) is 8.73. The zero-order chi connectivity index (χ0) is 18.1. The monoisotopic (exact) mass is 363 g/mol. The van der Waals surface area contributed by atoms with Gasteiger partial charge in [-0.25, -0.2) is 0 Å². The largest absolute Gasteiger partial charge is 0.506 e. The summed E-state index contributed by atoms with van der Waals surface area (Å²) in [6.07, 6.45) is 5.09. The van der Waals surface area contributed by atoms with Crippen molar-refractivity contribution in [2.24, 2.45) is 0 Å². The molecule has 1 amide bonds. The second-order valence-electron chi connectivity index (χ2n) is 6.66. The molecule has 0 spiro atoms. The van der Waals surface area contributed by atoms with Gasteiger partial charge in [0.15, 0.2) is 11.5 Å². The number of hydrogen-bond donors (Lipinski definition) is 2. The highest BCUT2D eigenvalue weighted by Crippen LogP contribution is 2.43. The fourth-order valence-corrected chi connectivity index (χ4v) is 4.04. The minimum atomic E-state index is -0.652. The Morgan fingerprint density at radius 1 is 1.24 bits per heavy atom. The lowest BCUT2D eigenvalue weighted by atomic mass is 9.90. The van der Waals surface area contributed by atoms with Gasteiger partial charge in [0.1, 0.15) is 5.75 Å². The van der Waals surface area contributed by atoms with Crippen molar-refractivity contribution in [2.75, 3.05) is 0 Å². The summed E-state index contributed by atoms with van der Waals surface area (Å²) in [7, 11) is 0. The van der Waals surface area contributed by atoms with Crippen molar-refractivity contribution in [2.45, 2.75) is 57.5 Å². The SMILES string of the molecule is CCC(=O)C1=C(O)C(=O)N(C2CCCCC2)C1c1ccc(O)c(Cl)c1. The van der Waals surface area contributed by atoms with Gasteiger partial charge >= 0.3 is 0 Å². The molecule has 1 aromatic rings. The number of amides is 1. The summed E-state index contributed by atoms with van der Waals surface area (Å²) >= 11 is 6.04. The van der Waals surface area contributed by atoms with E-state index in [1.165, 1.54) is 6.07 Å². The molecule has 1 atom stereocenters. The number of aliphatic hydroxyl groups is 1. The van der Waals surface area contributed by atoms with E-state index < -0.39 is 17.7 Å². The number of carbonyl (C=O) groups excluding carboxylic acids is 2.